The van der Waals surface area contributed by atoms with Gasteiger partial charge in [-0.15, -0.1) is 0 Å². The van der Waals surface area contributed by atoms with Gasteiger partial charge in [-0.3, -0.25) is 14.5 Å². The van der Waals surface area contributed by atoms with E-state index >= 15 is 0 Å². The fourth-order valence-electron chi connectivity index (χ4n) is 4.74. The number of hydrogen-bond donors (Lipinski definition) is 1. The monoisotopic (exact) mass is 376 g/mol. The molecule has 0 bridgehead atoms. The maximum Gasteiger partial charge on any atom is 0.317 e. The summed E-state index contributed by atoms with van der Waals surface area (Å²) < 4.78 is 13.4. The van der Waals surface area contributed by atoms with Gasteiger partial charge in [0, 0.05) is 19.1 Å². The molecule has 3 rings (SSSR count). The minimum Gasteiger partial charge on any atom is -0.480 e. The summed E-state index contributed by atoms with van der Waals surface area (Å²) in [7, 11) is 1.84. The van der Waals surface area contributed by atoms with E-state index in [-0.39, 0.29) is 24.3 Å². The molecule has 1 unspecified atom stereocenters. The average molecular weight is 376 g/mol. The second kappa shape index (κ2) is 8.38. The molecule has 27 heavy (non-hydrogen) atoms. The highest BCUT2D eigenvalue weighted by molar-refractivity contribution is 5.88. The Balaban J connectivity index is 1.73. The SMILES string of the molecule is CN(CC(=O)O)C1CCCN(C(=O)C2(c3ccc(F)cc3)CCCC2)CC1. The smallest absolute Gasteiger partial charge is 0.317 e. The number of amides is 1. The first-order valence-electron chi connectivity index (χ1n) is 9.90. The van der Waals surface area contributed by atoms with Gasteiger partial charge in [-0.25, -0.2) is 4.39 Å². The first-order valence-corrected chi connectivity index (χ1v) is 9.90. The van der Waals surface area contributed by atoms with Crippen molar-refractivity contribution in [3.05, 3.63) is 35.6 Å². The number of halogens is 1. The predicted molar refractivity (Wildman–Crippen MR) is 101 cm³/mol. The molecular weight excluding hydrogens is 347 g/mol. The molecule has 148 valence electrons. The Kier molecular flexibility index (Phi) is 6.15. The number of aliphatic carboxylic acids is 1. The number of rotatable bonds is 5. The summed E-state index contributed by atoms with van der Waals surface area (Å²) in [5, 5.41) is 9.02. The molecule has 6 heteroatoms. The number of carboxylic acids is 1. The van der Waals surface area contributed by atoms with Crippen LogP contribution in [0.3, 0.4) is 0 Å². The van der Waals surface area contributed by atoms with Crippen LogP contribution in [0.5, 0.6) is 0 Å². The maximum atomic E-state index is 13.5. The van der Waals surface area contributed by atoms with E-state index in [1.807, 2.05) is 16.8 Å². The zero-order valence-electron chi connectivity index (χ0n) is 16.0. The number of benzene rings is 1. The Morgan fingerprint density at radius 3 is 2.44 bits per heavy atom. The van der Waals surface area contributed by atoms with E-state index in [0.29, 0.717) is 13.1 Å². The number of carbonyl (C=O) groups is 2. The minimum atomic E-state index is -0.823. The van der Waals surface area contributed by atoms with Gasteiger partial charge in [-0.2, -0.15) is 0 Å². The van der Waals surface area contributed by atoms with Crippen molar-refractivity contribution in [2.45, 2.75) is 56.4 Å². The van der Waals surface area contributed by atoms with Crippen molar-refractivity contribution in [1.29, 1.82) is 0 Å². The number of likely N-dealkylation sites (N-methyl/N-ethyl adjacent to an activating group) is 1. The zero-order chi connectivity index (χ0) is 19.4. The van der Waals surface area contributed by atoms with Crippen LogP contribution >= 0.6 is 0 Å². The normalized spacial score (nSPS) is 22.6. The van der Waals surface area contributed by atoms with Crippen LogP contribution in [0, 0.1) is 5.82 Å². The highest BCUT2D eigenvalue weighted by Gasteiger charge is 2.45. The summed E-state index contributed by atoms with van der Waals surface area (Å²) in [6.45, 7) is 1.38. The van der Waals surface area contributed by atoms with Gasteiger partial charge in [0.2, 0.25) is 5.91 Å². The lowest BCUT2D eigenvalue weighted by molar-refractivity contribution is -0.139. The van der Waals surface area contributed by atoms with E-state index in [1.165, 1.54) is 12.1 Å². The Morgan fingerprint density at radius 1 is 1.15 bits per heavy atom. The van der Waals surface area contributed by atoms with Crippen molar-refractivity contribution < 1.29 is 19.1 Å². The van der Waals surface area contributed by atoms with Gasteiger partial charge >= 0.3 is 5.97 Å². The lowest BCUT2D eigenvalue weighted by Gasteiger charge is -2.34. The first-order chi connectivity index (χ1) is 12.9. The fraction of sp³-hybridized carbons (Fsp3) is 0.619. The van der Waals surface area contributed by atoms with Crippen molar-refractivity contribution in [2.24, 2.45) is 0 Å². The molecule has 1 aliphatic carbocycles. The maximum absolute atomic E-state index is 13.5. The summed E-state index contributed by atoms with van der Waals surface area (Å²) >= 11 is 0. The number of carbonyl (C=O) groups excluding carboxylic acids is 1. The summed E-state index contributed by atoms with van der Waals surface area (Å²) in [4.78, 5) is 28.4. The standard InChI is InChI=1S/C21H29FN2O3/c1-23(15-19(25)26)18-5-4-13-24(14-10-18)20(27)21(11-2-3-12-21)16-6-8-17(22)9-7-16/h6-9,18H,2-5,10-15H2,1H3,(H,25,26). The topological polar surface area (TPSA) is 60.9 Å². The molecule has 5 nitrogen and oxygen atoms in total. The third-order valence-electron chi connectivity index (χ3n) is 6.26. The average Bonchev–Trinajstić information content (AvgIpc) is 3.00. The molecule has 1 heterocycles. The van der Waals surface area contributed by atoms with Crippen LogP contribution in [0.4, 0.5) is 4.39 Å². The van der Waals surface area contributed by atoms with Crippen molar-refractivity contribution in [2.75, 3.05) is 26.7 Å². The van der Waals surface area contributed by atoms with Crippen molar-refractivity contribution >= 4 is 11.9 Å². The van der Waals surface area contributed by atoms with Crippen LogP contribution < -0.4 is 0 Å². The van der Waals surface area contributed by atoms with E-state index in [0.717, 1.165) is 50.5 Å². The third-order valence-corrected chi connectivity index (χ3v) is 6.26. The second-order valence-corrected chi connectivity index (χ2v) is 7.98. The molecule has 1 aromatic rings. The lowest BCUT2D eigenvalue weighted by Crippen LogP contribution is -2.46. The Labute approximate surface area is 160 Å². The quantitative estimate of drug-likeness (QED) is 0.858. The molecule has 1 atom stereocenters. The number of likely N-dealkylation sites (tertiary alicyclic amines) is 1. The Morgan fingerprint density at radius 2 is 1.81 bits per heavy atom. The van der Waals surface area contributed by atoms with Crippen LogP contribution in [0.25, 0.3) is 0 Å². The molecule has 1 saturated heterocycles. The van der Waals surface area contributed by atoms with Gasteiger partial charge in [0.25, 0.3) is 0 Å². The summed E-state index contributed by atoms with van der Waals surface area (Å²) in [6, 6.07) is 6.60. The molecule has 2 fully saturated rings. The minimum absolute atomic E-state index is 0.0259. The van der Waals surface area contributed by atoms with Gasteiger partial charge in [0.05, 0.1) is 12.0 Å². The summed E-state index contributed by atoms with van der Waals surface area (Å²) in [5.74, 6) is -0.942. The number of carboxylic acid groups (broad SMARTS) is 1. The van der Waals surface area contributed by atoms with Gasteiger partial charge < -0.3 is 10.0 Å². The molecule has 0 spiro atoms. The van der Waals surface area contributed by atoms with Crippen LogP contribution in [-0.2, 0) is 15.0 Å². The summed E-state index contributed by atoms with van der Waals surface area (Å²) in [5.41, 5.74) is 0.399. The van der Waals surface area contributed by atoms with Crippen LogP contribution in [0.15, 0.2) is 24.3 Å². The van der Waals surface area contributed by atoms with Gasteiger partial charge in [0.1, 0.15) is 5.82 Å². The van der Waals surface area contributed by atoms with Gasteiger partial charge in [0.15, 0.2) is 0 Å². The molecule has 0 aromatic heterocycles. The van der Waals surface area contributed by atoms with E-state index in [2.05, 4.69) is 0 Å². The Bertz CT molecular complexity index is 671. The van der Waals surface area contributed by atoms with Gasteiger partial charge in [-0.1, -0.05) is 25.0 Å². The molecule has 0 radical (unpaired) electrons. The molecule has 2 aliphatic rings. The van der Waals surface area contributed by atoms with E-state index in [9.17, 15) is 14.0 Å². The molecular formula is C21H29FN2O3. The van der Waals surface area contributed by atoms with E-state index in [4.69, 9.17) is 5.11 Å². The van der Waals surface area contributed by atoms with E-state index < -0.39 is 11.4 Å². The highest BCUT2D eigenvalue weighted by atomic mass is 19.1. The second-order valence-electron chi connectivity index (χ2n) is 7.98. The predicted octanol–water partition coefficient (Wildman–Crippen LogP) is 3.04. The van der Waals surface area contributed by atoms with Gasteiger partial charge in [-0.05, 0) is 56.8 Å². The molecule has 1 N–H and O–H groups in total. The van der Waals surface area contributed by atoms with Crippen LogP contribution in [0.2, 0.25) is 0 Å². The van der Waals surface area contributed by atoms with Crippen molar-refractivity contribution in [3.8, 4) is 0 Å². The van der Waals surface area contributed by atoms with Crippen molar-refractivity contribution in [3.63, 3.8) is 0 Å². The largest absolute Gasteiger partial charge is 0.480 e. The Hall–Kier alpha value is -1.95. The number of nitrogens with zero attached hydrogens (tertiary/aromatic N) is 2. The van der Waals surface area contributed by atoms with E-state index in [1.54, 1.807) is 12.1 Å². The first kappa shape index (κ1) is 19.8. The number of hydrogen-bond acceptors (Lipinski definition) is 3. The highest BCUT2D eigenvalue weighted by Crippen LogP contribution is 2.43. The van der Waals surface area contributed by atoms with Crippen LogP contribution in [-0.4, -0.2) is 59.5 Å². The third kappa shape index (κ3) is 4.32. The zero-order valence-corrected chi connectivity index (χ0v) is 16.0. The fourth-order valence-corrected chi connectivity index (χ4v) is 4.74. The molecule has 1 amide bonds. The summed E-state index contributed by atoms with van der Waals surface area (Å²) in [6.07, 6.45) is 6.22. The van der Waals surface area contributed by atoms with Crippen LogP contribution in [0.1, 0.15) is 50.5 Å². The molecule has 1 aliphatic heterocycles. The molecule has 1 aromatic carbocycles. The molecule has 1 saturated carbocycles. The lowest BCUT2D eigenvalue weighted by atomic mass is 9.77. The van der Waals surface area contributed by atoms with Crippen molar-refractivity contribution in [1.82, 2.24) is 9.80 Å².